The number of aromatic nitrogens is 2. The Balaban J connectivity index is 2.67. The molecule has 1 N–H and O–H groups in total. The number of nitrogens with zero attached hydrogens (tertiary/aromatic N) is 3. The summed E-state index contributed by atoms with van der Waals surface area (Å²) in [6.45, 7) is 8.11. The largest absolute Gasteiger partial charge is 0.395 e. The van der Waals surface area contributed by atoms with Crippen molar-refractivity contribution in [3.8, 4) is 0 Å². The predicted molar refractivity (Wildman–Crippen MR) is 68.2 cm³/mol. The molecule has 1 rings (SSSR count). The van der Waals surface area contributed by atoms with Gasteiger partial charge in [0.25, 0.3) is 0 Å². The molecule has 5 heteroatoms. The Labute approximate surface area is 101 Å². The third kappa shape index (κ3) is 3.72. The van der Waals surface area contributed by atoms with E-state index in [9.17, 15) is 0 Å². The lowest BCUT2D eigenvalue weighted by molar-refractivity contribution is 0.301. The van der Waals surface area contributed by atoms with Gasteiger partial charge >= 0.3 is 0 Å². The van der Waals surface area contributed by atoms with Gasteiger partial charge < -0.3 is 10.0 Å². The summed E-state index contributed by atoms with van der Waals surface area (Å²) < 4.78 is 4.33. The highest BCUT2D eigenvalue weighted by Gasteiger charge is 2.13. The molecule has 92 valence electrons. The molecule has 0 aliphatic rings. The number of aliphatic hydroxyl groups is 1. The van der Waals surface area contributed by atoms with Gasteiger partial charge in [-0.3, -0.25) is 0 Å². The number of hydrogen-bond donors (Lipinski definition) is 1. The highest BCUT2D eigenvalue weighted by atomic mass is 32.1. The van der Waals surface area contributed by atoms with E-state index in [1.54, 1.807) is 0 Å². The fraction of sp³-hybridized carbons (Fsp3) is 0.818. The van der Waals surface area contributed by atoms with Gasteiger partial charge in [-0.1, -0.05) is 27.2 Å². The van der Waals surface area contributed by atoms with Crippen LogP contribution in [0.25, 0.3) is 0 Å². The molecule has 0 spiro atoms. The monoisotopic (exact) mass is 243 g/mol. The van der Waals surface area contributed by atoms with Gasteiger partial charge in [0.2, 0.25) is 5.13 Å². The molecular weight excluding hydrogens is 222 g/mol. The van der Waals surface area contributed by atoms with Crippen LogP contribution in [0.4, 0.5) is 5.13 Å². The molecule has 4 nitrogen and oxygen atoms in total. The molecule has 0 bridgehead atoms. The van der Waals surface area contributed by atoms with Gasteiger partial charge in [0.15, 0.2) is 0 Å². The normalized spacial score (nSPS) is 11.1. The second-order valence-corrected chi connectivity index (χ2v) is 4.88. The highest BCUT2D eigenvalue weighted by Crippen LogP contribution is 2.21. The highest BCUT2D eigenvalue weighted by molar-refractivity contribution is 7.09. The van der Waals surface area contributed by atoms with Crippen molar-refractivity contribution in [1.82, 2.24) is 9.36 Å². The van der Waals surface area contributed by atoms with Gasteiger partial charge in [0, 0.05) is 30.5 Å². The smallest absolute Gasteiger partial charge is 0.205 e. The maximum atomic E-state index is 9.03. The Kier molecular flexibility index (Phi) is 5.69. The molecule has 1 aromatic rings. The molecule has 0 radical (unpaired) electrons. The number of anilines is 1. The Morgan fingerprint density at radius 1 is 1.38 bits per heavy atom. The summed E-state index contributed by atoms with van der Waals surface area (Å²) in [6, 6.07) is 0. The summed E-state index contributed by atoms with van der Waals surface area (Å²) in [7, 11) is 0. The Morgan fingerprint density at radius 3 is 2.62 bits per heavy atom. The lowest BCUT2D eigenvalue weighted by Gasteiger charge is -2.19. The average Bonchev–Trinajstić information content (AvgIpc) is 2.73. The van der Waals surface area contributed by atoms with Crippen LogP contribution in [0.5, 0.6) is 0 Å². The summed E-state index contributed by atoms with van der Waals surface area (Å²) in [5.74, 6) is 1.27. The fourth-order valence-electron chi connectivity index (χ4n) is 1.36. The molecule has 1 heterocycles. The van der Waals surface area contributed by atoms with E-state index >= 15 is 0 Å². The van der Waals surface area contributed by atoms with Crippen LogP contribution in [0.1, 0.15) is 45.4 Å². The molecule has 0 aliphatic heterocycles. The SMILES string of the molecule is CCCCN(CCO)c1nc(C(C)C)ns1. The van der Waals surface area contributed by atoms with Gasteiger partial charge in [-0.15, -0.1) is 0 Å². The van der Waals surface area contributed by atoms with Crippen LogP contribution in [0, 0.1) is 0 Å². The van der Waals surface area contributed by atoms with Gasteiger partial charge in [-0.25, -0.2) is 4.98 Å². The molecule has 0 amide bonds. The van der Waals surface area contributed by atoms with Gasteiger partial charge in [-0.2, -0.15) is 4.37 Å². The van der Waals surface area contributed by atoms with Crippen molar-refractivity contribution in [2.24, 2.45) is 0 Å². The van der Waals surface area contributed by atoms with Crippen LogP contribution in [0.2, 0.25) is 0 Å². The van der Waals surface area contributed by atoms with Crippen LogP contribution in [-0.2, 0) is 0 Å². The summed E-state index contributed by atoms with van der Waals surface area (Å²) in [5, 5.41) is 9.96. The molecule has 0 aromatic carbocycles. The second-order valence-electron chi connectivity index (χ2n) is 4.15. The van der Waals surface area contributed by atoms with Gasteiger partial charge in [-0.05, 0) is 6.42 Å². The van der Waals surface area contributed by atoms with E-state index in [-0.39, 0.29) is 6.61 Å². The minimum absolute atomic E-state index is 0.167. The quantitative estimate of drug-likeness (QED) is 0.798. The molecule has 0 fully saturated rings. The van der Waals surface area contributed by atoms with Crippen LogP contribution in [-0.4, -0.2) is 34.2 Å². The van der Waals surface area contributed by atoms with Crippen molar-refractivity contribution in [1.29, 1.82) is 0 Å². The zero-order valence-corrected chi connectivity index (χ0v) is 11.1. The maximum absolute atomic E-state index is 9.03. The van der Waals surface area contributed by atoms with Crippen molar-refractivity contribution in [3.63, 3.8) is 0 Å². The summed E-state index contributed by atoms with van der Waals surface area (Å²) in [5.41, 5.74) is 0. The first-order valence-corrected chi connectivity index (χ1v) is 6.65. The fourth-order valence-corrected chi connectivity index (χ4v) is 2.22. The van der Waals surface area contributed by atoms with Crippen LogP contribution in [0.15, 0.2) is 0 Å². The first-order chi connectivity index (χ1) is 7.69. The van der Waals surface area contributed by atoms with Crippen molar-refractivity contribution in [3.05, 3.63) is 5.82 Å². The number of rotatable bonds is 7. The van der Waals surface area contributed by atoms with E-state index in [4.69, 9.17) is 5.11 Å². The van der Waals surface area contributed by atoms with Crippen molar-refractivity contribution < 1.29 is 5.11 Å². The van der Waals surface area contributed by atoms with Gasteiger partial charge in [0.1, 0.15) is 5.82 Å². The third-order valence-corrected chi connectivity index (χ3v) is 3.16. The van der Waals surface area contributed by atoms with E-state index in [1.807, 2.05) is 0 Å². The molecule has 0 aliphatic carbocycles. The first-order valence-electron chi connectivity index (χ1n) is 5.88. The molecule has 1 aromatic heterocycles. The second kappa shape index (κ2) is 6.81. The minimum Gasteiger partial charge on any atom is -0.395 e. The molecule has 0 saturated heterocycles. The topological polar surface area (TPSA) is 49.2 Å². The molecule has 16 heavy (non-hydrogen) atoms. The van der Waals surface area contributed by atoms with Crippen LogP contribution < -0.4 is 4.90 Å². The summed E-state index contributed by atoms with van der Waals surface area (Å²) in [4.78, 5) is 6.62. The van der Waals surface area contributed by atoms with E-state index < -0.39 is 0 Å². The summed E-state index contributed by atoms with van der Waals surface area (Å²) in [6.07, 6.45) is 2.27. The Morgan fingerprint density at radius 2 is 2.12 bits per heavy atom. The van der Waals surface area contributed by atoms with Crippen LogP contribution >= 0.6 is 11.5 Å². The van der Waals surface area contributed by atoms with Crippen molar-refractivity contribution >= 4 is 16.7 Å². The number of aliphatic hydroxyl groups excluding tert-OH is 1. The molecule has 0 atom stereocenters. The average molecular weight is 243 g/mol. The number of unbranched alkanes of at least 4 members (excludes halogenated alkanes) is 1. The molecular formula is C11H21N3OS. The van der Waals surface area contributed by atoms with E-state index in [0.29, 0.717) is 12.5 Å². The van der Waals surface area contributed by atoms with Crippen molar-refractivity contribution in [2.45, 2.75) is 39.5 Å². The van der Waals surface area contributed by atoms with Gasteiger partial charge in [0.05, 0.1) is 6.61 Å². The van der Waals surface area contributed by atoms with Crippen molar-refractivity contribution in [2.75, 3.05) is 24.6 Å². The lowest BCUT2D eigenvalue weighted by Crippen LogP contribution is -2.27. The lowest BCUT2D eigenvalue weighted by atomic mass is 10.2. The zero-order valence-electron chi connectivity index (χ0n) is 10.3. The van der Waals surface area contributed by atoms with E-state index in [1.165, 1.54) is 11.5 Å². The zero-order chi connectivity index (χ0) is 12.0. The maximum Gasteiger partial charge on any atom is 0.205 e. The minimum atomic E-state index is 0.167. The van der Waals surface area contributed by atoms with E-state index in [0.717, 1.165) is 30.3 Å². The standard InChI is InChI=1S/C11H21N3OS/c1-4-5-6-14(7-8-15)11-12-10(9(2)3)13-16-11/h9,15H,4-8H2,1-3H3. The molecule has 0 unspecified atom stereocenters. The molecule has 0 saturated carbocycles. The van der Waals surface area contributed by atoms with E-state index in [2.05, 4.69) is 35.0 Å². The Bertz CT molecular complexity index is 301. The third-order valence-electron chi connectivity index (χ3n) is 2.37. The summed E-state index contributed by atoms with van der Waals surface area (Å²) >= 11 is 1.43. The predicted octanol–water partition coefficient (Wildman–Crippen LogP) is 2.26. The Hall–Kier alpha value is -0.680. The first kappa shape index (κ1) is 13.4. The van der Waals surface area contributed by atoms with Crippen LogP contribution in [0.3, 0.4) is 0 Å². The number of hydrogen-bond acceptors (Lipinski definition) is 5.